The van der Waals surface area contributed by atoms with Crippen LogP contribution in [0.25, 0.3) is 0 Å². The number of nitrogens with zero attached hydrogens (tertiary/aromatic N) is 1. The highest BCUT2D eigenvalue weighted by atomic mass is 19.1. The number of methoxy groups -OCH3 is 1. The first-order chi connectivity index (χ1) is 8.92. The fraction of sp³-hybridized carbons (Fsp3) is 0.600. The van der Waals surface area contributed by atoms with E-state index in [2.05, 4.69) is 31.0 Å². The summed E-state index contributed by atoms with van der Waals surface area (Å²) in [6.07, 6.45) is 0. The van der Waals surface area contributed by atoms with Gasteiger partial charge in [0.25, 0.3) is 0 Å². The highest BCUT2D eigenvalue weighted by molar-refractivity contribution is 5.29. The summed E-state index contributed by atoms with van der Waals surface area (Å²) in [6.45, 7) is 9.02. The van der Waals surface area contributed by atoms with Crippen LogP contribution in [0.2, 0.25) is 0 Å². The van der Waals surface area contributed by atoms with Crippen molar-refractivity contribution < 1.29 is 9.13 Å². The van der Waals surface area contributed by atoms with Crippen LogP contribution >= 0.6 is 0 Å². The number of benzene rings is 1. The highest BCUT2D eigenvalue weighted by Gasteiger charge is 2.32. The van der Waals surface area contributed by atoms with E-state index in [1.165, 1.54) is 6.07 Å². The molecule has 1 heterocycles. The van der Waals surface area contributed by atoms with Crippen molar-refractivity contribution in [1.82, 2.24) is 10.2 Å². The molecule has 1 aliphatic heterocycles. The Bertz CT molecular complexity index is 448. The summed E-state index contributed by atoms with van der Waals surface area (Å²) in [4.78, 5) is 2.33. The first-order valence-electron chi connectivity index (χ1n) is 6.73. The monoisotopic (exact) mass is 266 g/mol. The van der Waals surface area contributed by atoms with E-state index >= 15 is 0 Å². The molecule has 4 heteroatoms. The second kappa shape index (κ2) is 5.47. The normalized spacial score (nSPS) is 23.3. The Morgan fingerprint density at radius 1 is 1.47 bits per heavy atom. The van der Waals surface area contributed by atoms with Crippen LogP contribution in [-0.4, -0.2) is 36.7 Å². The molecule has 0 spiro atoms. The summed E-state index contributed by atoms with van der Waals surface area (Å²) in [6, 6.07) is 5.52. The standard InChI is InChI=1S/C15H23FN2O/c1-11-8-18(15(2,3)10-17-11)9-12-5-6-13(19-4)7-14(12)16/h5-7,11,17H,8-10H2,1-4H3. The lowest BCUT2D eigenvalue weighted by molar-refractivity contribution is 0.0616. The van der Waals surface area contributed by atoms with Gasteiger partial charge >= 0.3 is 0 Å². The average molecular weight is 266 g/mol. The van der Waals surface area contributed by atoms with Gasteiger partial charge in [0.05, 0.1) is 7.11 Å². The van der Waals surface area contributed by atoms with Crippen LogP contribution in [0.3, 0.4) is 0 Å². The second-order valence-corrected chi connectivity index (χ2v) is 5.93. The van der Waals surface area contributed by atoms with Crippen molar-refractivity contribution in [3.05, 3.63) is 29.6 Å². The lowest BCUT2D eigenvalue weighted by Crippen LogP contribution is -2.60. The summed E-state index contributed by atoms with van der Waals surface area (Å²) >= 11 is 0. The maximum atomic E-state index is 14.0. The van der Waals surface area contributed by atoms with Gasteiger partial charge in [0, 0.05) is 42.8 Å². The number of ether oxygens (including phenoxy) is 1. The largest absolute Gasteiger partial charge is 0.497 e. The Balaban J connectivity index is 2.15. The van der Waals surface area contributed by atoms with E-state index in [-0.39, 0.29) is 11.4 Å². The quantitative estimate of drug-likeness (QED) is 0.909. The van der Waals surface area contributed by atoms with Crippen molar-refractivity contribution in [1.29, 1.82) is 0 Å². The smallest absolute Gasteiger partial charge is 0.131 e. The van der Waals surface area contributed by atoms with Crippen LogP contribution < -0.4 is 10.1 Å². The second-order valence-electron chi connectivity index (χ2n) is 5.93. The van der Waals surface area contributed by atoms with Gasteiger partial charge in [-0.2, -0.15) is 0 Å². The molecule has 3 nitrogen and oxygen atoms in total. The summed E-state index contributed by atoms with van der Waals surface area (Å²) in [5.74, 6) is 0.371. The Kier molecular flexibility index (Phi) is 4.11. The minimum absolute atomic E-state index is 0.0406. The molecule has 0 radical (unpaired) electrons. The molecule has 0 bridgehead atoms. The van der Waals surface area contributed by atoms with Crippen LogP contribution in [0.4, 0.5) is 4.39 Å². The van der Waals surface area contributed by atoms with E-state index in [1.54, 1.807) is 7.11 Å². The van der Waals surface area contributed by atoms with Crippen molar-refractivity contribution in [2.75, 3.05) is 20.2 Å². The van der Waals surface area contributed by atoms with Crippen LogP contribution in [0.15, 0.2) is 18.2 Å². The Morgan fingerprint density at radius 2 is 2.21 bits per heavy atom. The Morgan fingerprint density at radius 3 is 2.84 bits per heavy atom. The molecule has 1 aromatic carbocycles. The summed E-state index contributed by atoms with van der Waals surface area (Å²) in [7, 11) is 1.55. The first kappa shape index (κ1) is 14.3. The molecule has 1 saturated heterocycles. The van der Waals surface area contributed by atoms with Gasteiger partial charge in [-0.25, -0.2) is 4.39 Å². The van der Waals surface area contributed by atoms with Gasteiger partial charge in [-0.1, -0.05) is 6.07 Å². The molecule has 1 aliphatic rings. The predicted octanol–water partition coefficient (Wildman–Crippen LogP) is 2.41. The van der Waals surface area contributed by atoms with Crippen molar-refractivity contribution in [2.24, 2.45) is 0 Å². The number of hydrogen-bond acceptors (Lipinski definition) is 3. The maximum absolute atomic E-state index is 14.0. The molecular formula is C15H23FN2O. The zero-order chi connectivity index (χ0) is 14.0. The molecule has 0 amide bonds. The van der Waals surface area contributed by atoms with E-state index in [0.717, 1.165) is 18.7 Å². The lowest BCUT2D eigenvalue weighted by atomic mass is 9.97. The van der Waals surface area contributed by atoms with Gasteiger partial charge in [-0.15, -0.1) is 0 Å². The van der Waals surface area contributed by atoms with Crippen molar-refractivity contribution in [2.45, 2.75) is 38.9 Å². The minimum Gasteiger partial charge on any atom is -0.497 e. The number of rotatable bonds is 3. The van der Waals surface area contributed by atoms with E-state index in [1.807, 2.05) is 12.1 Å². The zero-order valence-corrected chi connectivity index (χ0v) is 12.2. The molecule has 1 atom stereocenters. The predicted molar refractivity (Wildman–Crippen MR) is 74.9 cm³/mol. The molecule has 1 N–H and O–H groups in total. The van der Waals surface area contributed by atoms with Crippen molar-refractivity contribution in [3.63, 3.8) is 0 Å². The highest BCUT2D eigenvalue weighted by Crippen LogP contribution is 2.24. The van der Waals surface area contributed by atoms with Gasteiger partial charge in [0.1, 0.15) is 11.6 Å². The van der Waals surface area contributed by atoms with Crippen molar-refractivity contribution in [3.8, 4) is 5.75 Å². The van der Waals surface area contributed by atoms with Crippen LogP contribution in [0.1, 0.15) is 26.3 Å². The summed E-state index contributed by atoms with van der Waals surface area (Å²) < 4.78 is 19.1. The minimum atomic E-state index is -0.193. The SMILES string of the molecule is COc1ccc(CN2CC(C)NCC2(C)C)c(F)c1. The molecule has 1 fully saturated rings. The topological polar surface area (TPSA) is 24.5 Å². The number of hydrogen-bond donors (Lipinski definition) is 1. The molecule has 1 unspecified atom stereocenters. The molecular weight excluding hydrogens is 243 g/mol. The number of piperazine rings is 1. The first-order valence-corrected chi connectivity index (χ1v) is 6.73. The Hall–Kier alpha value is -1.13. The molecule has 106 valence electrons. The molecule has 1 aromatic rings. The Labute approximate surface area is 114 Å². The van der Waals surface area contributed by atoms with Crippen LogP contribution in [0, 0.1) is 5.82 Å². The van der Waals surface area contributed by atoms with E-state index in [4.69, 9.17) is 4.74 Å². The van der Waals surface area contributed by atoms with Gasteiger partial charge < -0.3 is 10.1 Å². The van der Waals surface area contributed by atoms with E-state index in [0.29, 0.717) is 18.3 Å². The van der Waals surface area contributed by atoms with E-state index in [9.17, 15) is 4.39 Å². The number of halogens is 1. The molecule has 0 saturated carbocycles. The fourth-order valence-corrected chi connectivity index (χ4v) is 2.45. The molecule has 0 aliphatic carbocycles. The molecule has 0 aromatic heterocycles. The fourth-order valence-electron chi connectivity index (χ4n) is 2.45. The third kappa shape index (κ3) is 3.25. The summed E-state index contributed by atoms with van der Waals surface area (Å²) in [5, 5.41) is 3.47. The summed E-state index contributed by atoms with van der Waals surface area (Å²) in [5.41, 5.74) is 0.766. The number of nitrogens with one attached hydrogen (secondary N) is 1. The maximum Gasteiger partial charge on any atom is 0.131 e. The zero-order valence-electron chi connectivity index (χ0n) is 12.2. The van der Waals surface area contributed by atoms with E-state index < -0.39 is 0 Å². The van der Waals surface area contributed by atoms with Gasteiger partial charge in [0.15, 0.2) is 0 Å². The van der Waals surface area contributed by atoms with Gasteiger partial charge in [-0.05, 0) is 26.8 Å². The third-order valence-electron chi connectivity index (χ3n) is 3.85. The van der Waals surface area contributed by atoms with Gasteiger partial charge in [-0.3, -0.25) is 4.90 Å². The molecule has 2 rings (SSSR count). The van der Waals surface area contributed by atoms with Crippen LogP contribution in [-0.2, 0) is 6.54 Å². The average Bonchev–Trinajstić information content (AvgIpc) is 2.36. The van der Waals surface area contributed by atoms with Crippen molar-refractivity contribution >= 4 is 0 Å². The van der Waals surface area contributed by atoms with Crippen LogP contribution in [0.5, 0.6) is 5.75 Å². The third-order valence-corrected chi connectivity index (χ3v) is 3.85. The van der Waals surface area contributed by atoms with Gasteiger partial charge in [0.2, 0.25) is 0 Å². The lowest BCUT2D eigenvalue weighted by Gasteiger charge is -2.45. The molecule has 19 heavy (non-hydrogen) atoms.